The Morgan fingerprint density at radius 2 is 1.49 bits per heavy atom. The first-order valence-corrected chi connectivity index (χ1v) is 12.3. The Morgan fingerprint density at radius 1 is 0.757 bits per heavy atom. The highest BCUT2D eigenvalue weighted by molar-refractivity contribution is 6.24. The first-order chi connectivity index (χ1) is 17.9. The SMILES string of the molecule is Cc1ccc(N2C(=O)[C@@H]3[C@@H]4C(=O)Oc5cc(C)ccc5C4=C[C@H](c4ccc5c(c4)OCO5)[C@H]3C2=O)cc1. The Bertz CT molecular complexity index is 1540. The Kier molecular flexibility index (Phi) is 4.61. The van der Waals surface area contributed by atoms with Crippen LogP contribution in [-0.4, -0.2) is 24.6 Å². The highest BCUT2D eigenvalue weighted by Gasteiger charge is 2.60. The van der Waals surface area contributed by atoms with Gasteiger partial charge >= 0.3 is 5.97 Å². The topological polar surface area (TPSA) is 82.1 Å². The van der Waals surface area contributed by atoms with Crippen LogP contribution in [0, 0.1) is 31.6 Å². The zero-order valence-electron chi connectivity index (χ0n) is 20.3. The molecule has 3 aromatic carbocycles. The van der Waals surface area contributed by atoms with E-state index < -0.39 is 29.6 Å². The molecule has 7 nitrogen and oxygen atoms in total. The predicted octanol–water partition coefficient (Wildman–Crippen LogP) is 4.55. The number of carbonyl (C=O) groups excluding carboxylic acids is 3. The molecule has 0 saturated carbocycles. The van der Waals surface area contributed by atoms with Gasteiger partial charge in [-0.2, -0.15) is 0 Å². The van der Waals surface area contributed by atoms with Crippen molar-refractivity contribution in [2.75, 3.05) is 11.7 Å². The van der Waals surface area contributed by atoms with Crippen molar-refractivity contribution in [2.24, 2.45) is 17.8 Å². The van der Waals surface area contributed by atoms with Gasteiger partial charge in [0.2, 0.25) is 18.6 Å². The minimum Gasteiger partial charge on any atom is -0.454 e. The molecule has 0 N–H and O–H groups in total. The number of imide groups is 1. The fourth-order valence-electron chi connectivity index (χ4n) is 6.06. The average Bonchev–Trinajstić information content (AvgIpc) is 3.46. The second kappa shape index (κ2) is 7.80. The molecule has 3 heterocycles. The maximum Gasteiger partial charge on any atom is 0.319 e. The van der Waals surface area contributed by atoms with Crippen LogP contribution in [0.25, 0.3) is 5.57 Å². The molecule has 7 rings (SSSR count). The quantitative estimate of drug-likeness (QED) is 0.296. The molecule has 3 aliphatic heterocycles. The van der Waals surface area contributed by atoms with E-state index in [2.05, 4.69) is 0 Å². The van der Waals surface area contributed by atoms with Crippen molar-refractivity contribution in [1.82, 2.24) is 0 Å². The number of hydrogen-bond acceptors (Lipinski definition) is 6. The molecule has 3 aromatic rings. The van der Waals surface area contributed by atoms with Crippen LogP contribution in [0.2, 0.25) is 0 Å². The van der Waals surface area contributed by atoms with E-state index in [1.807, 2.05) is 68.5 Å². The van der Waals surface area contributed by atoms with Gasteiger partial charge in [-0.15, -0.1) is 0 Å². The smallest absolute Gasteiger partial charge is 0.319 e. The summed E-state index contributed by atoms with van der Waals surface area (Å²) in [7, 11) is 0. The largest absolute Gasteiger partial charge is 0.454 e. The summed E-state index contributed by atoms with van der Waals surface area (Å²) >= 11 is 0. The van der Waals surface area contributed by atoms with Crippen LogP contribution in [0.4, 0.5) is 5.69 Å². The number of ether oxygens (including phenoxy) is 3. The molecule has 7 heteroatoms. The molecule has 4 aliphatic rings. The first-order valence-electron chi connectivity index (χ1n) is 12.3. The number of rotatable bonds is 2. The lowest BCUT2D eigenvalue weighted by molar-refractivity contribution is -0.142. The maximum atomic E-state index is 14.0. The number of hydrogen-bond donors (Lipinski definition) is 0. The zero-order chi connectivity index (χ0) is 25.4. The summed E-state index contributed by atoms with van der Waals surface area (Å²) in [5.74, 6) is -2.45. The number of anilines is 1. The summed E-state index contributed by atoms with van der Waals surface area (Å²) in [6, 6.07) is 18.6. The van der Waals surface area contributed by atoms with E-state index in [0.29, 0.717) is 22.9 Å². The lowest BCUT2D eigenvalue weighted by atomic mass is 9.64. The molecule has 2 amide bonds. The maximum absolute atomic E-state index is 14.0. The summed E-state index contributed by atoms with van der Waals surface area (Å²) < 4.78 is 16.8. The fourth-order valence-corrected chi connectivity index (χ4v) is 6.06. The molecule has 184 valence electrons. The van der Waals surface area contributed by atoms with Crippen molar-refractivity contribution in [3.8, 4) is 17.2 Å². The molecule has 0 bridgehead atoms. The van der Waals surface area contributed by atoms with E-state index in [4.69, 9.17) is 14.2 Å². The molecule has 0 unspecified atom stereocenters. The van der Waals surface area contributed by atoms with Crippen LogP contribution in [0.3, 0.4) is 0 Å². The molecule has 37 heavy (non-hydrogen) atoms. The summed E-state index contributed by atoms with van der Waals surface area (Å²) in [4.78, 5) is 42.6. The Balaban J connectivity index is 1.42. The van der Waals surface area contributed by atoms with Crippen molar-refractivity contribution in [2.45, 2.75) is 19.8 Å². The van der Waals surface area contributed by atoms with Crippen LogP contribution in [0.15, 0.2) is 66.7 Å². The first kappa shape index (κ1) is 21.9. The number of nitrogens with zero attached hydrogens (tertiary/aromatic N) is 1. The van der Waals surface area contributed by atoms with E-state index in [1.54, 1.807) is 12.1 Å². The standard InChI is InChI=1S/C30H23NO6/c1-15-3-7-18(8-4-15)31-28(32)25-20(17-6-10-22-24(12-17)36-14-35-22)13-21-19-9-5-16(2)11-23(19)37-30(34)26(21)27(25)29(31)33/h3-13,20,25-27H,14H2,1-2H3/t20-,25-,26-,27+/m1/s1. The van der Waals surface area contributed by atoms with Crippen LogP contribution in [0.5, 0.6) is 17.2 Å². The second-order valence-corrected chi connectivity index (χ2v) is 10.1. The van der Waals surface area contributed by atoms with Gasteiger partial charge in [-0.25, -0.2) is 4.90 Å². The van der Waals surface area contributed by atoms with Gasteiger partial charge in [0.15, 0.2) is 11.5 Å². The Morgan fingerprint density at radius 3 is 2.30 bits per heavy atom. The van der Waals surface area contributed by atoms with Crippen molar-refractivity contribution >= 4 is 29.0 Å². The molecule has 1 aliphatic carbocycles. The van der Waals surface area contributed by atoms with Crippen molar-refractivity contribution < 1.29 is 28.6 Å². The molecule has 1 fully saturated rings. The van der Waals surface area contributed by atoms with Gasteiger partial charge < -0.3 is 14.2 Å². The van der Waals surface area contributed by atoms with Crippen molar-refractivity contribution in [1.29, 1.82) is 0 Å². The van der Waals surface area contributed by atoms with Crippen molar-refractivity contribution in [3.63, 3.8) is 0 Å². The zero-order valence-corrected chi connectivity index (χ0v) is 20.3. The van der Waals surface area contributed by atoms with Gasteiger partial charge in [0.25, 0.3) is 0 Å². The number of allylic oxidation sites excluding steroid dienone is 1. The van der Waals surface area contributed by atoms with Gasteiger partial charge in [-0.1, -0.05) is 42.0 Å². The number of carbonyl (C=O) groups is 3. The third-order valence-corrected chi connectivity index (χ3v) is 7.82. The van der Waals surface area contributed by atoms with Crippen LogP contribution in [-0.2, 0) is 14.4 Å². The molecule has 0 spiro atoms. The molecule has 0 aromatic heterocycles. The molecule has 0 radical (unpaired) electrons. The number of aryl methyl sites for hydroxylation is 2. The monoisotopic (exact) mass is 493 g/mol. The Labute approximate surface area is 213 Å². The van der Waals surface area contributed by atoms with E-state index in [9.17, 15) is 14.4 Å². The molecule has 4 atom stereocenters. The number of fused-ring (bicyclic) bond motifs is 6. The summed E-state index contributed by atoms with van der Waals surface area (Å²) in [5, 5.41) is 0. The van der Waals surface area contributed by atoms with Gasteiger partial charge in [0.05, 0.1) is 23.4 Å². The minimum atomic E-state index is -0.883. The van der Waals surface area contributed by atoms with E-state index in [1.165, 1.54) is 4.90 Å². The molecule has 1 saturated heterocycles. The third kappa shape index (κ3) is 3.16. The van der Waals surface area contributed by atoms with Gasteiger partial charge in [0, 0.05) is 11.5 Å². The summed E-state index contributed by atoms with van der Waals surface area (Å²) in [6.45, 7) is 4.01. The highest BCUT2D eigenvalue weighted by atomic mass is 16.7. The third-order valence-electron chi connectivity index (χ3n) is 7.82. The second-order valence-electron chi connectivity index (χ2n) is 10.1. The summed E-state index contributed by atoms with van der Waals surface area (Å²) in [6.07, 6.45) is 1.97. The van der Waals surface area contributed by atoms with E-state index >= 15 is 0 Å². The number of amides is 2. The molecular formula is C30H23NO6. The van der Waals surface area contributed by atoms with Crippen LogP contribution in [0.1, 0.15) is 28.2 Å². The van der Waals surface area contributed by atoms with Gasteiger partial charge in [-0.05, 0) is 60.9 Å². The minimum absolute atomic E-state index is 0.135. The molecular weight excluding hydrogens is 470 g/mol. The Hall–Kier alpha value is -4.39. The average molecular weight is 494 g/mol. The van der Waals surface area contributed by atoms with E-state index in [-0.39, 0.29) is 18.6 Å². The van der Waals surface area contributed by atoms with Crippen LogP contribution < -0.4 is 19.1 Å². The van der Waals surface area contributed by atoms with Gasteiger partial charge in [0.1, 0.15) is 5.75 Å². The van der Waals surface area contributed by atoms with E-state index in [0.717, 1.165) is 27.8 Å². The predicted molar refractivity (Wildman–Crippen MR) is 134 cm³/mol. The van der Waals surface area contributed by atoms with Gasteiger partial charge in [-0.3, -0.25) is 14.4 Å². The summed E-state index contributed by atoms with van der Waals surface area (Å²) in [5.41, 5.74) is 4.80. The fraction of sp³-hybridized carbons (Fsp3) is 0.233. The lowest BCUT2D eigenvalue weighted by Crippen LogP contribution is -2.42. The number of esters is 1. The number of benzene rings is 3. The normalized spacial score (nSPS) is 25.3. The highest BCUT2D eigenvalue weighted by Crippen LogP contribution is 2.55. The van der Waals surface area contributed by atoms with Crippen LogP contribution >= 0.6 is 0 Å². The lowest BCUT2D eigenvalue weighted by Gasteiger charge is -2.38. The van der Waals surface area contributed by atoms with Crippen molar-refractivity contribution in [3.05, 3.63) is 89.0 Å².